The number of hydrogen-bond donors (Lipinski definition) is 2. The molecule has 0 spiro atoms. The minimum absolute atomic E-state index is 0.146. The molecule has 112 valence electrons. The number of H-pyrrole nitrogens is 1. The van der Waals surface area contributed by atoms with Crippen LogP contribution in [0.25, 0.3) is 6.08 Å². The maximum absolute atomic E-state index is 11.8. The molecule has 1 saturated heterocycles. The van der Waals surface area contributed by atoms with E-state index in [1.54, 1.807) is 12.1 Å². The van der Waals surface area contributed by atoms with Crippen molar-refractivity contribution in [2.24, 2.45) is 0 Å². The fourth-order valence-corrected chi connectivity index (χ4v) is 1.89. The topological polar surface area (TPSA) is 88.6 Å². The molecule has 1 aliphatic heterocycles. The summed E-state index contributed by atoms with van der Waals surface area (Å²) in [4.78, 5) is 25.1. The van der Waals surface area contributed by atoms with Crippen LogP contribution < -0.4 is 5.43 Å². The molecule has 0 atom stereocenters. The van der Waals surface area contributed by atoms with E-state index < -0.39 is 24.3 Å². The molecule has 0 bridgehead atoms. The molecule has 7 heteroatoms. The molecule has 6 nitrogen and oxygen atoms in total. The van der Waals surface area contributed by atoms with Crippen molar-refractivity contribution in [1.29, 1.82) is 0 Å². The molecule has 0 amide bonds. The zero-order valence-electron chi connectivity index (χ0n) is 12.5. The molecule has 0 radical (unpaired) electrons. The molecule has 0 unspecified atom stereocenters. The number of aromatic nitrogens is 1. The summed E-state index contributed by atoms with van der Waals surface area (Å²) >= 11 is 0. The van der Waals surface area contributed by atoms with Gasteiger partial charge in [0.1, 0.15) is 5.69 Å². The Labute approximate surface area is 122 Å². The monoisotopic (exact) mass is 291 g/mol. The van der Waals surface area contributed by atoms with E-state index in [0.29, 0.717) is 5.56 Å². The average molecular weight is 291 g/mol. The lowest BCUT2D eigenvalue weighted by atomic mass is 9.89. The van der Waals surface area contributed by atoms with Crippen molar-refractivity contribution in [1.82, 2.24) is 4.98 Å². The van der Waals surface area contributed by atoms with Crippen molar-refractivity contribution >= 4 is 19.2 Å². The molecule has 1 fully saturated rings. The van der Waals surface area contributed by atoms with Crippen LogP contribution >= 0.6 is 0 Å². The van der Waals surface area contributed by atoms with Crippen LogP contribution in [0.5, 0.6) is 0 Å². The Hall–Kier alpha value is -1.86. The first-order valence-electron chi connectivity index (χ1n) is 6.62. The summed E-state index contributed by atoms with van der Waals surface area (Å²) < 4.78 is 11.5. The number of rotatable bonds is 3. The second-order valence-electron chi connectivity index (χ2n) is 5.96. The number of aromatic amines is 1. The van der Waals surface area contributed by atoms with Gasteiger partial charge in [0.2, 0.25) is 0 Å². The van der Waals surface area contributed by atoms with E-state index in [1.165, 1.54) is 6.20 Å². The highest BCUT2D eigenvalue weighted by atomic mass is 16.7. The van der Waals surface area contributed by atoms with Gasteiger partial charge < -0.3 is 19.4 Å². The zero-order chi connectivity index (χ0) is 15.8. The number of aromatic carboxylic acids is 1. The van der Waals surface area contributed by atoms with Gasteiger partial charge in [-0.15, -0.1) is 0 Å². The molecule has 2 rings (SSSR count). The number of pyridine rings is 1. The summed E-state index contributed by atoms with van der Waals surface area (Å²) in [5.74, 6) is 0.468. The van der Waals surface area contributed by atoms with E-state index in [0.717, 1.165) is 6.07 Å². The summed E-state index contributed by atoms with van der Waals surface area (Å²) in [5, 5.41) is 8.79. The first-order chi connectivity index (χ1) is 9.62. The number of carboxylic acid groups (broad SMARTS) is 1. The highest BCUT2D eigenvalue weighted by molar-refractivity contribution is 6.52. The lowest BCUT2D eigenvalue weighted by Gasteiger charge is -2.32. The molecular formula is C14H18BNO5. The standard InChI is InChI=1S/C14H18BNO5/c1-13(2)14(3,4)21-15(20-13)6-5-9-8-16-10(12(18)19)7-11(9)17/h5-8H,1-4H3,(H,16,17)(H,18,19)/b6-5+. The molecule has 0 aliphatic carbocycles. The Kier molecular flexibility index (Phi) is 3.82. The van der Waals surface area contributed by atoms with Crippen molar-refractivity contribution in [2.45, 2.75) is 38.9 Å². The normalized spacial score (nSPS) is 20.1. The fourth-order valence-electron chi connectivity index (χ4n) is 1.89. The third-order valence-corrected chi connectivity index (χ3v) is 3.88. The van der Waals surface area contributed by atoms with Gasteiger partial charge in [-0.25, -0.2) is 4.79 Å². The molecule has 2 N–H and O–H groups in total. The maximum atomic E-state index is 11.8. The van der Waals surface area contributed by atoms with Crippen LogP contribution in [0, 0.1) is 0 Å². The van der Waals surface area contributed by atoms with E-state index in [1.807, 2.05) is 27.7 Å². The van der Waals surface area contributed by atoms with Crippen LogP contribution in [0.1, 0.15) is 43.7 Å². The highest BCUT2D eigenvalue weighted by Crippen LogP contribution is 2.36. The first kappa shape index (κ1) is 15.5. The molecule has 21 heavy (non-hydrogen) atoms. The van der Waals surface area contributed by atoms with Crippen molar-refractivity contribution in [2.75, 3.05) is 0 Å². The van der Waals surface area contributed by atoms with Gasteiger partial charge in [0.15, 0.2) is 5.43 Å². The molecule has 1 aliphatic rings. The lowest BCUT2D eigenvalue weighted by molar-refractivity contribution is 0.00578. The van der Waals surface area contributed by atoms with Gasteiger partial charge in [-0.3, -0.25) is 4.79 Å². The van der Waals surface area contributed by atoms with Crippen LogP contribution in [0.2, 0.25) is 0 Å². The molecule has 0 saturated carbocycles. The van der Waals surface area contributed by atoms with Crippen molar-refractivity contribution < 1.29 is 19.2 Å². The van der Waals surface area contributed by atoms with Gasteiger partial charge in [0, 0.05) is 17.8 Å². The Morgan fingerprint density at radius 2 is 1.86 bits per heavy atom. The Balaban J connectivity index is 2.17. The third-order valence-electron chi connectivity index (χ3n) is 3.88. The summed E-state index contributed by atoms with van der Waals surface area (Å²) in [7, 11) is -0.548. The minimum atomic E-state index is -1.17. The van der Waals surface area contributed by atoms with Crippen molar-refractivity contribution in [3.05, 3.63) is 39.7 Å². The van der Waals surface area contributed by atoms with Gasteiger partial charge >= 0.3 is 13.1 Å². The van der Waals surface area contributed by atoms with Gasteiger partial charge in [-0.05, 0) is 27.7 Å². The fraction of sp³-hybridized carbons (Fsp3) is 0.429. The van der Waals surface area contributed by atoms with E-state index >= 15 is 0 Å². The second kappa shape index (κ2) is 5.16. The van der Waals surface area contributed by atoms with Crippen LogP contribution in [-0.4, -0.2) is 34.4 Å². The predicted molar refractivity (Wildman–Crippen MR) is 79.1 cm³/mol. The smallest absolute Gasteiger partial charge is 0.477 e. The van der Waals surface area contributed by atoms with Gasteiger partial charge in [-0.2, -0.15) is 0 Å². The minimum Gasteiger partial charge on any atom is -0.477 e. The van der Waals surface area contributed by atoms with E-state index in [2.05, 4.69) is 4.98 Å². The Morgan fingerprint density at radius 3 is 2.33 bits per heavy atom. The lowest BCUT2D eigenvalue weighted by Crippen LogP contribution is -2.41. The molecule has 0 aromatic carbocycles. The summed E-state index contributed by atoms with van der Waals surface area (Å²) in [5.41, 5.74) is -1.06. The molecule has 1 aromatic heterocycles. The zero-order valence-corrected chi connectivity index (χ0v) is 12.5. The average Bonchev–Trinajstić information content (AvgIpc) is 2.56. The Bertz CT molecular complexity index is 631. The SMILES string of the molecule is CC1(C)OB(/C=C/c2c[nH]c(C(=O)O)cc2=O)OC1(C)C. The first-order valence-corrected chi connectivity index (χ1v) is 6.62. The largest absolute Gasteiger partial charge is 0.487 e. The van der Waals surface area contributed by atoms with E-state index in [4.69, 9.17) is 14.4 Å². The highest BCUT2D eigenvalue weighted by Gasteiger charge is 2.49. The van der Waals surface area contributed by atoms with Crippen molar-refractivity contribution in [3.8, 4) is 0 Å². The van der Waals surface area contributed by atoms with Crippen LogP contribution in [0.3, 0.4) is 0 Å². The van der Waals surface area contributed by atoms with Crippen molar-refractivity contribution in [3.63, 3.8) is 0 Å². The quantitative estimate of drug-likeness (QED) is 0.828. The number of nitrogens with one attached hydrogen (secondary N) is 1. The van der Waals surface area contributed by atoms with E-state index in [9.17, 15) is 9.59 Å². The number of carbonyl (C=O) groups is 1. The second-order valence-corrected chi connectivity index (χ2v) is 5.96. The maximum Gasteiger partial charge on any atom is 0.487 e. The number of hydrogen-bond acceptors (Lipinski definition) is 4. The van der Waals surface area contributed by atoms with Gasteiger partial charge in [0.25, 0.3) is 0 Å². The van der Waals surface area contributed by atoms with E-state index in [-0.39, 0.29) is 11.1 Å². The predicted octanol–water partition coefficient (Wildman–Crippen LogP) is 1.72. The summed E-state index contributed by atoms with van der Waals surface area (Å²) in [6.45, 7) is 7.76. The van der Waals surface area contributed by atoms with Crippen LogP contribution in [0.4, 0.5) is 0 Å². The molecule has 1 aromatic rings. The summed E-state index contributed by atoms with van der Waals surface area (Å²) in [6.07, 6.45) is 2.92. The van der Waals surface area contributed by atoms with Crippen LogP contribution in [-0.2, 0) is 9.31 Å². The number of carboxylic acids is 1. The third kappa shape index (κ3) is 3.09. The summed E-state index contributed by atoms with van der Waals surface area (Å²) in [6, 6.07) is 1.05. The Morgan fingerprint density at radius 1 is 1.29 bits per heavy atom. The van der Waals surface area contributed by atoms with Gasteiger partial charge in [0.05, 0.1) is 11.2 Å². The van der Waals surface area contributed by atoms with Gasteiger partial charge in [-0.1, -0.05) is 12.1 Å². The molecular weight excluding hydrogens is 273 g/mol. The van der Waals surface area contributed by atoms with Crippen LogP contribution in [0.15, 0.2) is 23.0 Å². The molecule has 2 heterocycles.